The number of fused-ring (bicyclic) bond motifs is 1. The van der Waals surface area contributed by atoms with Crippen LogP contribution in [0.25, 0.3) is 10.8 Å². The highest BCUT2D eigenvalue weighted by Gasteiger charge is 2.03. The summed E-state index contributed by atoms with van der Waals surface area (Å²) in [7, 11) is 1.42. The summed E-state index contributed by atoms with van der Waals surface area (Å²) in [6.45, 7) is 0. The molecule has 0 fully saturated rings. The predicted molar refractivity (Wildman–Crippen MR) is 49.1 cm³/mol. The first-order chi connectivity index (χ1) is 6.20. The van der Waals surface area contributed by atoms with E-state index in [1.54, 1.807) is 24.3 Å². The summed E-state index contributed by atoms with van der Waals surface area (Å²) in [5.74, 6) is -0.510. The fourth-order valence-electron chi connectivity index (χ4n) is 1.32. The zero-order chi connectivity index (χ0) is 9.42. The van der Waals surface area contributed by atoms with Gasteiger partial charge >= 0.3 is 0 Å². The SMILES string of the molecule is Cn1c(F)cc2ccccc2c1=O. The van der Waals surface area contributed by atoms with Crippen LogP contribution in [0.1, 0.15) is 0 Å². The molecule has 1 aromatic heterocycles. The Morgan fingerprint density at radius 2 is 2.00 bits per heavy atom. The summed E-state index contributed by atoms with van der Waals surface area (Å²) < 4.78 is 14.1. The second-order valence-electron chi connectivity index (χ2n) is 2.92. The minimum Gasteiger partial charge on any atom is -0.288 e. The average molecular weight is 177 g/mol. The molecule has 2 rings (SSSR count). The highest BCUT2D eigenvalue weighted by atomic mass is 19.1. The van der Waals surface area contributed by atoms with Crippen LogP contribution in [0.2, 0.25) is 0 Å². The van der Waals surface area contributed by atoms with Gasteiger partial charge in [-0.2, -0.15) is 4.39 Å². The molecule has 0 N–H and O–H groups in total. The Labute approximate surface area is 74.2 Å². The van der Waals surface area contributed by atoms with E-state index < -0.39 is 5.95 Å². The molecule has 0 saturated carbocycles. The van der Waals surface area contributed by atoms with Crippen molar-refractivity contribution in [2.75, 3.05) is 0 Å². The van der Waals surface area contributed by atoms with Gasteiger partial charge in [-0.15, -0.1) is 0 Å². The van der Waals surface area contributed by atoms with Crippen LogP contribution >= 0.6 is 0 Å². The van der Waals surface area contributed by atoms with Gasteiger partial charge < -0.3 is 0 Å². The van der Waals surface area contributed by atoms with E-state index in [4.69, 9.17) is 0 Å². The lowest BCUT2D eigenvalue weighted by Crippen LogP contribution is -2.19. The molecule has 0 unspecified atom stereocenters. The van der Waals surface area contributed by atoms with Crippen molar-refractivity contribution in [3.63, 3.8) is 0 Å². The van der Waals surface area contributed by atoms with Crippen molar-refractivity contribution >= 4 is 10.8 Å². The normalized spacial score (nSPS) is 10.6. The average Bonchev–Trinajstić information content (AvgIpc) is 2.15. The van der Waals surface area contributed by atoms with Crippen LogP contribution in [0.3, 0.4) is 0 Å². The van der Waals surface area contributed by atoms with E-state index in [1.165, 1.54) is 13.1 Å². The molecule has 0 atom stereocenters. The lowest BCUT2D eigenvalue weighted by molar-refractivity contribution is 0.519. The molecule has 2 nitrogen and oxygen atoms in total. The molecule has 0 aliphatic rings. The van der Waals surface area contributed by atoms with Gasteiger partial charge in [0.25, 0.3) is 5.56 Å². The molecule has 0 saturated heterocycles. The summed E-state index contributed by atoms with van der Waals surface area (Å²) in [4.78, 5) is 11.5. The highest BCUT2D eigenvalue weighted by molar-refractivity contribution is 5.81. The molecule has 2 aromatic rings. The van der Waals surface area contributed by atoms with E-state index in [-0.39, 0.29) is 5.56 Å². The third-order valence-electron chi connectivity index (χ3n) is 2.09. The fraction of sp³-hybridized carbons (Fsp3) is 0.100. The maximum Gasteiger partial charge on any atom is 0.260 e. The van der Waals surface area contributed by atoms with E-state index in [2.05, 4.69) is 0 Å². The fourth-order valence-corrected chi connectivity index (χ4v) is 1.32. The smallest absolute Gasteiger partial charge is 0.260 e. The third kappa shape index (κ3) is 1.13. The Balaban J connectivity index is 3.03. The van der Waals surface area contributed by atoms with Gasteiger partial charge in [-0.05, 0) is 17.5 Å². The summed E-state index contributed by atoms with van der Waals surface area (Å²) in [6, 6.07) is 8.32. The first-order valence-corrected chi connectivity index (χ1v) is 3.94. The molecule has 0 aliphatic heterocycles. The van der Waals surface area contributed by atoms with Gasteiger partial charge in [-0.25, -0.2) is 0 Å². The molecule has 1 aromatic carbocycles. The minimum atomic E-state index is -0.510. The van der Waals surface area contributed by atoms with Crippen LogP contribution in [0.4, 0.5) is 4.39 Å². The topological polar surface area (TPSA) is 22.0 Å². The number of pyridine rings is 1. The molecule has 0 radical (unpaired) electrons. The van der Waals surface area contributed by atoms with Gasteiger partial charge in [0, 0.05) is 12.4 Å². The maximum atomic E-state index is 13.1. The third-order valence-corrected chi connectivity index (χ3v) is 2.09. The second-order valence-corrected chi connectivity index (χ2v) is 2.92. The molecule has 0 spiro atoms. The lowest BCUT2D eigenvalue weighted by atomic mass is 10.2. The Morgan fingerprint density at radius 1 is 1.31 bits per heavy atom. The number of halogens is 1. The first kappa shape index (κ1) is 7.98. The van der Waals surface area contributed by atoms with Crippen LogP contribution in [-0.4, -0.2) is 4.57 Å². The second kappa shape index (κ2) is 2.69. The van der Waals surface area contributed by atoms with E-state index in [0.717, 1.165) is 4.57 Å². The molecular formula is C10H8FNO. The van der Waals surface area contributed by atoms with Gasteiger partial charge in [-0.3, -0.25) is 9.36 Å². The van der Waals surface area contributed by atoms with Gasteiger partial charge in [0.1, 0.15) is 0 Å². The highest BCUT2D eigenvalue weighted by Crippen LogP contribution is 2.09. The van der Waals surface area contributed by atoms with Gasteiger partial charge in [-0.1, -0.05) is 18.2 Å². The quantitative estimate of drug-likeness (QED) is 0.561. The van der Waals surface area contributed by atoms with Crippen LogP contribution in [0.5, 0.6) is 0 Å². The van der Waals surface area contributed by atoms with Crippen molar-refractivity contribution in [3.8, 4) is 0 Å². The Kier molecular flexibility index (Phi) is 1.65. The van der Waals surface area contributed by atoms with Crippen molar-refractivity contribution < 1.29 is 4.39 Å². The zero-order valence-electron chi connectivity index (χ0n) is 7.12. The van der Waals surface area contributed by atoms with Crippen LogP contribution < -0.4 is 5.56 Å². The van der Waals surface area contributed by atoms with E-state index >= 15 is 0 Å². The molecule has 1 heterocycles. The monoisotopic (exact) mass is 177 g/mol. The Bertz CT molecular complexity index is 516. The predicted octanol–water partition coefficient (Wildman–Crippen LogP) is 1.68. The van der Waals surface area contributed by atoms with E-state index in [9.17, 15) is 9.18 Å². The lowest BCUT2D eigenvalue weighted by Gasteiger charge is -2.01. The van der Waals surface area contributed by atoms with Gasteiger partial charge in [0.2, 0.25) is 0 Å². The number of rotatable bonds is 0. The van der Waals surface area contributed by atoms with Crippen LogP contribution in [0, 0.1) is 5.95 Å². The number of aromatic nitrogens is 1. The molecule has 3 heteroatoms. The summed E-state index contributed by atoms with van der Waals surface area (Å²) in [5, 5.41) is 1.19. The van der Waals surface area contributed by atoms with Gasteiger partial charge in [0.15, 0.2) is 5.95 Å². The first-order valence-electron chi connectivity index (χ1n) is 3.94. The summed E-state index contributed by atoms with van der Waals surface area (Å²) >= 11 is 0. The van der Waals surface area contributed by atoms with Crippen molar-refractivity contribution in [2.45, 2.75) is 0 Å². The van der Waals surface area contributed by atoms with Crippen molar-refractivity contribution in [2.24, 2.45) is 7.05 Å². The molecule has 66 valence electrons. The summed E-state index contributed by atoms with van der Waals surface area (Å²) in [5.41, 5.74) is -0.296. The largest absolute Gasteiger partial charge is 0.288 e. The maximum absolute atomic E-state index is 13.1. The van der Waals surface area contributed by atoms with Crippen LogP contribution in [-0.2, 0) is 7.05 Å². The van der Waals surface area contributed by atoms with E-state index in [0.29, 0.717) is 10.8 Å². The van der Waals surface area contributed by atoms with E-state index in [1.807, 2.05) is 0 Å². The Morgan fingerprint density at radius 3 is 2.77 bits per heavy atom. The molecule has 0 aliphatic carbocycles. The Hall–Kier alpha value is -1.64. The summed E-state index contributed by atoms with van der Waals surface area (Å²) in [6.07, 6.45) is 0. The van der Waals surface area contributed by atoms with Gasteiger partial charge in [0.05, 0.1) is 0 Å². The number of benzene rings is 1. The van der Waals surface area contributed by atoms with Crippen molar-refractivity contribution in [1.29, 1.82) is 0 Å². The molecule has 13 heavy (non-hydrogen) atoms. The van der Waals surface area contributed by atoms with Crippen LogP contribution in [0.15, 0.2) is 35.1 Å². The minimum absolute atomic E-state index is 0.296. The molecule has 0 bridgehead atoms. The standard InChI is InChI=1S/C10H8FNO/c1-12-9(11)6-7-4-2-3-5-8(7)10(12)13/h2-6H,1H3. The zero-order valence-corrected chi connectivity index (χ0v) is 7.12. The van der Waals surface area contributed by atoms with Crippen molar-refractivity contribution in [3.05, 3.63) is 46.6 Å². The molecule has 0 amide bonds. The number of hydrogen-bond donors (Lipinski definition) is 0. The number of nitrogens with zero attached hydrogens (tertiary/aromatic N) is 1. The number of hydrogen-bond acceptors (Lipinski definition) is 1. The van der Waals surface area contributed by atoms with Crippen molar-refractivity contribution in [1.82, 2.24) is 4.57 Å². The molecular weight excluding hydrogens is 169 g/mol.